The van der Waals surface area contributed by atoms with Crippen LogP contribution in [0.3, 0.4) is 0 Å². The van der Waals surface area contributed by atoms with E-state index in [1.807, 2.05) is 0 Å². The maximum atomic E-state index is 13.2. The SMILES string of the molecule is CCCCCCCCCCCCCCCCC(O)[C@H](COC12COC1C(O)C(OC)C(CO)O2)NC(=O)Cc1ccc(OC)c(OC)c1. The van der Waals surface area contributed by atoms with Crippen molar-refractivity contribution < 1.29 is 48.5 Å². The Bertz CT molecular complexity index is 1040. The Morgan fingerprint density at radius 3 is 2.06 bits per heavy atom. The van der Waals surface area contributed by atoms with E-state index in [9.17, 15) is 20.1 Å². The molecule has 0 radical (unpaired) electrons. The largest absolute Gasteiger partial charge is 0.493 e. The van der Waals surface area contributed by atoms with Crippen molar-refractivity contribution in [2.24, 2.45) is 0 Å². The molecular formula is C37H63NO10. The van der Waals surface area contributed by atoms with Gasteiger partial charge in [-0.15, -0.1) is 0 Å². The first-order valence-electron chi connectivity index (χ1n) is 18.3. The topological polar surface area (TPSA) is 145 Å². The van der Waals surface area contributed by atoms with Gasteiger partial charge in [-0.25, -0.2) is 0 Å². The van der Waals surface area contributed by atoms with Gasteiger partial charge in [0.1, 0.15) is 31.0 Å². The number of carbonyl (C=O) groups excluding carboxylic acids is 1. The van der Waals surface area contributed by atoms with E-state index in [0.717, 1.165) is 24.8 Å². The first kappa shape index (κ1) is 40.4. The van der Waals surface area contributed by atoms with Crippen molar-refractivity contribution in [3.8, 4) is 11.5 Å². The van der Waals surface area contributed by atoms with Crippen molar-refractivity contribution >= 4 is 5.91 Å². The molecule has 4 N–H and O–H groups in total. The van der Waals surface area contributed by atoms with E-state index in [1.165, 1.54) is 77.7 Å². The Labute approximate surface area is 288 Å². The number of amides is 1. The number of methoxy groups -OCH3 is 3. The second-order valence-corrected chi connectivity index (χ2v) is 13.4. The Kier molecular flexibility index (Phi) is 18.5. The van der Waals surface area contributed by atoms with Crippen molar-refractivity contribution in [1.82, 2.24) is 5.32 Å². The number of nitrogens with one attached hydrogen (secondary N) is 1. The van der Waals surface area contributed by atoms with E-state index in [2.05, 4.69) is 12.2 Å². The minimum Gasteiger partial charge on any atom is -0.493 e. The summed E-state index contributed by atoms with van der Waals surface area (Å²) in [5.74, 6) is -0.508. The molecule has 2 heterocycles. The summed E-state index contributed by atoms with van der Waals surface area (Å²) in [5.41, 5.74) is 0.729. The van der Waals surface area contributed by atoms with Gasteiger partial charge in [0, 0.05) is 7.11 Å². The van der Waals surface area contributed by atoms with Crippen LogP contribution in [0.25, 0.3) is 0 Å². The monoisotopic (exact) mass is 681 g/mol. The van der Waals surface area contributed by atoms with E-state index < -0.39 is 42.3 Å². The van der Waals surface area contributed by atoms with Crippen LogP contribution >= 0.6 is 0 Å². The third kappa shape index (κ3) is 12.1. The molecule has 48 heavy (non-hydrogen) atoms. The van der Waals surface area contributed by atoms with E-state index in [-0.39, 0.29) is 32.1 Å². The number of rotatable bonds is 26. The van der Waals surface area contributed by atoms with Crippen LogP contribution in [-0.2, 0) is 30.2 Å². The summed E-state index contributed by atoms with van der Waals surface area (Å²) in [7, 11) is 4.53. The average Bonchev–Trinajstić information content (AvgIpc) is 3.07. The van der Waals surface area contributed by atoms with Crippen molar-refractivity contribution in [2.75, 3.05) is 41.2 Å². The van der Waals surface area contributed by atoms with Crippen molar-refractivity contribution in [1.29, 1.82) is 0 Å². The van der Waals surface area contributed by atoms with Gasteiger partial charge in [-0.3, -0.25) is 4.79 Å². The van der Waals surface area contributed by atoms with Crippen molar-refractivity contribution in [2.45, 2.75) is 152 Å². The molecule has 3 rings (SSSR count). The molecule has 11 heteroatoms. The maximum absolute atomic E-state index is 13.2. The van der Waals surface area contributed by atoms with Gasteiger partial charge in [-0.05, 0) is 24.1 Å². The zero-order valence-corrected chi connectivity index (χ0v) is 29.8. The van der Waals surface area contributed by atoms with Crippen molar-refractivity contribution in [3.05, 3.63) is 23.8 Å². The van der Waals surface area contributed by atoms with E-state index in [0.29, 0.717) is 17.9 Å². The lowest BCUT2D eigenvalue weighted by molar-refractivity contribution is -0.442. The van der Waals surface area contributed by atoms with E-state index in [4.69, 9.17) is 28.4 Å². The number of ether oxygens (including phenoxy) is 6. The van der Waals surface area contributed by atoms with Crippen LogP contribution in [0.15, 0.2) is 18.2 Å². The Morgan fingerprint density at radius 2 is 1.54 bits per heavy atom. The van der Waals surface area contributed by atoms with Gasteiger partial charge in [0.15, 0.2) is 11.5 Å². The third-order valence-corrected chi connectivity index (χ3v) is 9.70. The molecule has 0 spiro atoms. The van der Waals surface area contributed by atoms with Gasteiger partial charge in [-0.2, -0.15) is 0 Å². The number of fused-ring (bicyclic) bond motifs is 1. The maximum Gasteiger partial charge on any atom is 0.224 e. The molecule has 7 atom stereocenters. The lowest BCUT2D eigenvalue weighted by atomic mass is 9.89. The number of unbranched alkanes of at least 4 members (excludes halogenated alkanes) is 13. The fraction of sp³-hybridized carbons (Fsp3) is 0.811. The number of aliphatic hydroxyl groups excluding tert-OH is 3. The molecule has 0 bridgehead atoms. The molecule has 0 saturated carbocycles. The minimum atomic E-state index is -1.32. The zero-order valence-electron chi connectivity index (χ0n) is 29.8. The molecule has 2 aliphatic heterocycles. The Morgan fingerprint density at radius 1 is 0.938 bits per heavy atom. The summed E-state index contributed by atoms with van der Waals surface area (Å²) >= 11 is 0. The normalized spacial score (nSPS) is 24.7. The average molecular weight is 682 g/mol. The quantitative estimate of drug-likeness (QED) is 0.100. The highest BCUT2D eigenvalue weighted by Gasteiger charge is 2.62. The summed E-state index contributed by atoms with van der Waals surface area (Å²) < 4.78 is 33.9. The summed E-state index contributed by atoms with van der Waals surface area (Å²) in [6.45, 7) is 1.86. The number of aliphatic hydroxyl groups is 3. The molecule has 1 aromatic carbocycles. The molecule has 11 nitrogen and oxygen atoms in total. The van der Waals surface area contributed by atoms with Gasteiger partial charge < -0.3 is 49.1 Å². The molecule has 1 amide bonds. The predicted molar refractivity (Wildman–Crippen MR) is 183 cm³/mol. The number of hydrogen-bond donors (Lipinski definition) is 4. The van der Waals surface area contributed by atoms with Gasteiger partial charge in [0.05, 0.1) is 46.0 Å². The molecule has 6 unspecified atom stereocenters. The predicted octanol–water partition coefficient (Wildman–Crippen LogP) is 4.84. The number of hydrogen-bond acceptors (Lipinski definition) is 10. The molecule has 1 aromatic rings. The summed E-state index contributed by atoms with van der Waals surface area (Å²) in [6, 6.07) is 4.57. The molecule has 0 aromatic heterocycles. The number of benzene rings is 1. The lowest BCUT2D eigenvalue weighted by Crippen LogP contribution is -2.75. The van der Waals surface area contributed by atoms with Gasteiger partial charge in [-0.1, -0.05) is 103 Å². The fourth-order valence-corrected chi connectivity index (χ4v) is 6.74. The third-order valence-electron chi connectivity index (χ3n) is 9.70. The van der Waals surface area contributed by atoms with Crippen LogP contribution in [0, 0.1) is 0 Å². The highest BCUT2D eigenvalue weighted by molar-refractivity contribution is 5.79. The van der Waals surface area contributed by atoms with Crippen LogP contribution in [0.5, 0.6) is 11.5 Å². The minimum absolute atomic E-state index is 0.0447. The summed E-state index contributed by atoms with van der Waals surface area (Å²) in [5, 5.41) is 34.9. The van der Waals surface area contributed by atoms with E-state index >= 15 is 0 Å². The molecule has 2 aliphatic rings. The van der Waals surface area contributed by atoms with Gasteiger partial charge in [0.25, 0.3) is 0 Å². The second-order valence-electron chi connectivity index (χ2n) is 13.4. The molecule has 2 saturated heterocycles. The van der Waals surface area contributed by atoms with Crippen LogP contribution in [0.4, 0.5) is 0 Å². The highest BCUT2D eigenvalue weighted by Crippen LogP contribution is 2.41. The number of carbonyl (C=O) groups is 1. The summed E-state index contributed by atoms with van der Waals surface area (Å²) in [4.78, 5) is 13.2. The van der Waals surface area contributed by atoms with Crippen LogP contribution in [0.2, 0.25) is 0 Å². The highest BCUT2D eigenvalue weighted by atomic mass is 16.8. The Balaban J connectivity index is 1.49. The van der Waals surface area contributed by atoms with Crippen LogP contribution in [-0.4, -0.2) is 105 Å². The first-order valence-corrected chi connectivity index (χ1v) is 18.3. The van der Waals surface area contributed by atoms with Gasteiger partial charge in [0.2, 0.25) is 11.7 Å². The molecule has 0 aliphatic carbocycles. The first-order chi connectivity index (χ1) is 23.3. The zero-order chi connectivity index (χ0) is 34.8. The smallest absolute Gasteiger partial charge is 0.224 e. The second kappa shape index (κ2) is 22.0. The van der Waals surface area contributed by atoms with Crippen LogP contribution in [0.1, 0.15) is 109 Å². The molecule has 276 valence electrons. The van der Waals surface area contributed by atoms with Gasteiger partial charge >= 0.3 is 0 Å². The van der Waals surface area contributed by atoms with Crippen molar-refractivity contribution in [3.63, 3.8) is 0 Å². The molecular weight excluding hydrogens is 618 g/mol. The fourth-order valence-electron chi connectivity index (χ4n) is 6.74. The summed E-state index contributed by atoms with van der Waals surface area (Å²) in [6.07, 6.45) is 13.7. The lowest BCUT2D eigenvalue weighted by Gasteiger charge is -2.56. The Hall–Kier alpha value is -1.99. The molecule has 2 fully saturated rings. The standard InChI is InChI=1S/C37H63NO10/c1-5-6-7-8-9-10-11-12-13-14-15-16-17-18-19-29(40)28(38-33(41)23-27-20-21-30(43-2)31(22-27)44-3)25-47-37-26-46-36(37)34(42)35(45-4)32(24-39)48-37/h20-22,28-29,32,34-36,39-40,42H,5-19,23-26H2,1-4H3,(H,38,41)/t28-,29?,32?,34?,35?,36?,37?/m0/s1. The van der Waals surface area contributed by atoms with Crippen LogP contribution < -0.4 is 14.8 Å². The van der Waals surface area contributed by atoms with E-state index in [1.54, 1.807) is 32.4 Å².